The van der Waals surface area contributed by atoms with Gasteiger partial charge in [-0.25, -0.2) is 9.97 Å². The van der Waals surface area contributed by atoms with Gasteiger partial charge in [0.15, 0.2) is 0 Å². The summed E-state index contributed by atoms with van der Waals surface area (Å²) in [5.41, 5.74) is 1.15. The SMILES string of the molecule is CNc1nc(C)nc(N2CCSC(C)C2C)c1C. The third-order valence-electron chi connectivity index (χ3n) is 3.62. The standard InChI is InChI=1S/C13H22N4S/c1-8-12(14-5)15-11(4)16-13(8)17-6-7-18-10(3)9(17)2/h9-10H,6-7H2,1-5H3,(H,14,15,16). The Balaban J connectivity index is 2.40. The molecule has 1 aromatic rings. The van der Waals surface area contributed by atoms with E-state index in [2.05, 4.69) is 41.0 Å². The van der Waals surface area contributed by atoms with Crippen LogP contribution in [0.25, 0.3) is 0 Å². The van der Waals surface area contributed by atoms with E-state index in [1.54, 1.807) is 0 Å². The van der Waals surface area contributed by atoms with Gasteiger partial charge in [0.1, 0.15) is 17.5 Å². The predicted molar refractivity (Wildman–Crippen MR) is 79.8 cm³/mol. The number of thioether (sulfide) groups is 1. The molecule has 18 heavy (non-hydrogen) atoms. The van der Waals surface area contributed by atoms with Crippen LogP contribution < -0.4 is 10.2 Å². The van der Waals surface area contributed by atoms with Crippen LogP contribution in [0.1, 0.15) is 25.2 Å². The second-order valence-electron chi connectivity index (χ2n) is 4.83. The molecule has 0 aromatic carbocycles. The third-order valence-corrected chi connectivity index (χ3v) is 4.96. The van der Waals surface area contributed by atoms with Gasteiger partial charge in [0.25, 0.3) is 0 Å². The van der Waals surface area contributed by atoms with E-state index in [9.17, 15) is 0 Å². The summed E-state index contributed by atoms with van der Waals surface area (Å²) >= 11 is 2.04. The average molecular weight is 266 g/mol. The molecule has 0 amide bonds. The van der Waals surface area contributed by atoms with E-state index in [-0.39, 0.29) is 0 Å². The minimum Gasteiger partial charge on any atom is -0.373 e. The lowest BCUT2D eigenvalue weighted by atomic mass is 10.1. The highest BCUT2D eigenvalue weighted by Gasteiger charge is 2.28. The van der Waals surface area contributed by atoms with Crippen LogP contribution in [-0.2, 0) is 0 Å². The Morgan fingerprint density at radius 1 is 1.28 bits per heavy atom. The number of hydrogen-bond donors (Lipinski definition) is 1. The van der Waals surface area contributed by atoms with Crippen molar-refractivity contribution >= 4 is 23.4 Å². The molecule has 4 nitrogen and oxygen atoms in total. The number of rotatable bonds is 2. The lowest BCUT2D eigenvalue weighted by molar-refractivity contribution is 0.617. The lowest BCUT2D eigenvalue weighted by Crippen LogP contribution is -2.45. The highest BCUT2D eigenvalue weighted by Crippen LogP contribution is 2.31. The average Bonchev–Trinajstić information content (AvgIpc) is 2.35. The van der Waals surface area contributed by atoms with Crippen molar-refractivity contribution in [1.29, 1.82) is 0 Å². The van der Waals surface area contributed by atoms with Crippen LogP contribution in [-0.4, -0.2) is 40.6 Å². The maximum atomic E-state index is 4.66. The van der Waals surface area contributed by atoms with Gasteiger partial charge >= 0.3 is 0 Å². The molecule has 0 bridgehead atoms. The van der Waals surface area contributed by atoms with E-state index >= 15 is 0 Å². The molecule has 1 aliphatic rings. The van der Waals surface area contributed by atoms with E-state index in [1.807, 2.05) is 25.7 Å². The number of aromatic nitrogens is 2. The monoisotopic (exact) mass is 266 g/mol. The van der Waals surface area contributed by atoms with Gasteiger partial charge in [-0.3, -0.25) is 0 Å². The van der Waals surface area contributed by atoms with Gasteiger partial charge in [-0.15, -0.1) is 0 Å². The van der Waals surface area contributed by atoms with Crippen LogP contribution in [0.5, 0.6) is 0 Å². The predicted octanol–water partition coefficient (Wildman–Crippen LogP) is 2.47. The van der Waals surface area contributed by atoms with E-state index in [0.29, 0.717) is 11.3 Å². The summed E-state index contributed by atoms with van der Waals surface area (Å²) < 4.78 is 0. The van der Waals surface area contributed by atoms with Crippen molar-refractivity contribution in [2.24, 2.45) is 0 Å². The maximum absolute atomic E-state index is 4.66. The highest BCUT2D eigenvalue weighted by molar-refractivity contribution is 8.00. The van der Waals surface area contributed by atoms with Crippen molar-refractivity contribution in [3.63, 3.8) is 0 Å². The quantitative estimate of drug-likeness (QED) is 0.890. The second kappa shape index (κ2) is 5.34. The van der Waals surface area contributed by atoms with Crippen LogP contribution in [0.15, 0.2) is 0 Å². The van der Waals surface area contributed by atoms with Crippen molar-refractivity contribution in [1.82, 2.24) is 9.97 Å². The topological polar surface area (TPSA) is 41.1 Å². The van der Waals surface area contributed by atoms with Gasteiger partial charge in [-0.1, -0.05) is 6.92 Å². The molecule has 5 heteroatoms. The summed E-state index contributed by atoms with van der Waals surface area (Å²) in [6, 6.07) is 0.515. The zero-order valence-electron chi connectivity index (χ0n) is 11.8. The smallest absolute Gasteiger partial charge is 0.137 e. The van der Waals surface area contributed by atoms with Gasteiger partial charge in [-0.05, 0) is 20.8 Å². The molecule has 0 spiro atoms. The van der Waals surface area contributed by atoms with Gasteiger partial charge in [0.05, 0.1) is 0 Å². The summed E-state index contributed by atoms with van der Waals surface area (Å²) in [6.07, 6.45) is 0. The van der Waals surface area contributed by atoms with Crippen molar-refractivity contribution in [3.05, 3.63) is 11.4 Å². The first-order valence-electron chi connectivity index (χ1n) is 6.45. The first kappa shape index (κ1) is 13.5. The largest absolute Gasteiger partial charge is 0.373 e. The molecule has 2 heterocycles. The molecule has 2 atom stereocenters. The Labute approximate surface area is 114 Å². The molecule has 1 saturated heterocycles. The molecule has 2 unspecified atom stereocenters. The van der Waals surface area contributed by atoms with Gasteiger partial charge in [0.2, 0.25) is 0 Å². The van der Waals surface area contributed by atoms with Crippen LogP contribution in [0.4, 0.5) is 11.6 Å². The number of hydrogen-bond acceptors (Lipinski definition) is 5. The van der Waals surface area contributed by atoms with Crippen LogP contribution in [0, 0.1) is 13.8 Å². The summed E-state index contributed by atoms with van der Waals surface area (Å²) in [7, 11) is 1.91. The van der Waals surface area contributed by atoms with Crippen LogP contribution in [0.3, 0.4) is 0 Å². The minimum absolute atomic E-state index is 0.515. The number of nitrogens with one attached hydrogen (secondary N) is 1. The maximum Gasteiger partial charge on any atom is 0.137 e. The fraction of sp³-hybridized carbons (Fsp3) is 0.692. The summed E-state index contributed by atoms with van der Waals surface area (Å²) in [5, 5.41) is 3.80. The summed E-state index contributed by atoms with van der Waals surface area (Å²) in [6.45, 7) is 9.70. The Hall–Kier alpha value is -0.970. The summed E-state index contributed by atoms with van der Waals surface area (Å²) in [4.78, 5) is 11.5. The molecule has 0 saturated carbocycles. The van der Waals surface area contributed by atoms with Gasteiger partial charge < -0.3 is 10.2 Å². The van der Waals surface area contributed by atoms with E-state index in [0.717, 1.165) is 29.6 Å². The van der Waals surface area contributed by atoms with Crippen LogP contribution >= 0.6 is 11.8 Å². The Bertz CT molecular complexity index is 435. The third kappa shape index (κ3) is 2.41. The van der Waals surface area contributed by atoms with Crippen molar-refractivity contribution in [2.75, 3.05) is 29.6 Å². The van der Waals surface area contributed by atoms with Crippen molar-refractivity contribution < 1.29 is 0 Å². The number of aryl methyl sites for hydroxylation is 1. The fourth-order valence-electron chi connectivity index (χ4n) is 2.37. The van der Waals surface area contributed by atoms with E-state index in [4.69, 9.17) is 0 Å². The molecular formula is C13H22N4S. The van der Waals surface area contributed by atoms with Crippen LogP contribution in [0.2, 0.25) is 0 Å². The highest BCUT2D eigenvalue weighted by atomic mass is 32.2. The normalized spacial score (nSPS) is 24.2. The number of nitrogens with zero attached hydrogens (tertiary/aromatic N) is 3. The number of anilines is 2. The Morgan fingerprint density at radius 3 is 2.67 bits per heavy atom. The zero-order chi connectivity index (χ0) is 13.3. The Kier molecular flexibility index (Phi) is 4.00. The van der Waals surface area contributed by atoms with Crippen molar-refractivity contribution in [2.45, 2.75) is 39.0 Å². The Morgan fingerprint density at radius 2 is 2.00 bits per heavy atom. The molecule has 2 rings (SSSR count). The van der Waals surface area contributed by atoms with E-state index < -0.39 is 0 Å². The van der Waals surface area contributed by atoms with Crippen molar-refractivity contribution in [3.8, 4) is 0 Å². The molecule has 1 aromatic heterocycles. The first-order chi connectivity index (χ1) is 8.54. The van der Waals surface area contributed by atoms with Gasteiger partial charge in [-0.2, -0.15) is 11.8 Å². The molecule has 0 aliphatic carbocycles. The minimum atomic E-state index is 0.515. The zero-order valence-corrected chi connectivity index (χ0v) is 12.6. The summed E-state index contributed by atoms with van der Waals surface area (Å²) in [5.74, 6) is 4.03. The second-order valence-corrected chi connectivity index (χ2v) is 6.31. The molecule has 1 fully saturated rings. The molecule has 100 valence electrons. The van der Waals surface area contributed by atoms with E-state index in [1.165, 1.54) is 5.75 Å². The lowest BCUT2D eigenvalue weighted by Gasteiger charge is -2.39. The fourth-order valence-corrected chi connectivity index (χ4v) is 3.47. The first-order valence-corrected chi connectivity index (χ1v) is 7.50. The molecule has 0 radical (unpaired) electrons. The molecule has 1 aliphatic heterocycles. The molecule has 1 N–H and O–H groups in total. The molecular weight excluding hydrogens is 244 g/mol. The van der Waals surface area contributed by atoms with Gasteiger partial charge in [0, 0.05) is 36.2 Å².